The number of urea groups is 1. The van der Waals surface area contributed by atoms with Crippen molar-refractivity contribution in [1.82, 2.24) is 15.5 Å². The molecule has 3 N–H and O–H groups in total. The van der Waals surface area contributed by atoms with E-state index in [0.717, 1.165) is 43.2 Å². The van der Waals surface area contributed by atoms with Crippen molar-refractivity contribution >= 4 is 23.2 Å². The summed E-state index contributed by atoms with van der Waals surface area (Å²) in [5, 5.41) is 16.9. The van der Waals surface area contributed by atoms with E-state index in [4.69, 9.17) is 4.74 Å². The van der Waals surface area contributed by atoms with E-state index in [1.165, 1.54) is 0 Å². The van der Waals surface area contributed by atoms with Crippen LogP contribution in [0.2, 0.25) is 0 Å². The highest BCUT2D eigenvalue weighted by molar-refractivity contribution is 5.89. The van der Waals surface area contributed by atoms with Gasteiger partial charge in [0.25, 0.3) is 0 Å². The number of ether oxygens (including phenoxy) is 1. The minimum absolute atomic E-state index is 0.231. The third-order valence-electron chi connectivity index (χ3n) is 4.01. The van der Waals surface area contributed by atoms with Crippen LogP contribution in [0.3, 0.4) is 0 Å². The van der Waals surface area contributed by atoms with Gasteiger partial charge in [0.2, 0.25) is 0 Å². The molecule has 8 heteroatoms. The number of hydrogen-bond donors (Lipinski definition) is 3. The van der Waals surface area contributed by atoms with Gasteiger partial charge in [-0.1, -0.05) is 12.1 Å². The smallest absolute Gasteiger partial charge is 0.319 e. The van der Waals surface area contributed by atoms with Crippen LogP contribution in [-0.2, 0) is 4.74 Å². The van der Waals surface area contributed by atoms with Gasteiger partial charge in [0.15, 0.2) is 5.82 Å². The number of morpholine rings is 1. The molecule has 2 aromatic rings. The van der Waals surface area contributed by atoms with Crippen molar-refractivity contribution in [2.24, 2.45) is 0 Å². The second-order valence-electron chi connectivity index (χ2n) is 6.08. The molecule has 0 bridgehead atoms. The molecule has 1 aromatic heterocycles. The van der Waals surface area contributed by atoms with Gasteiger partial charge < -0.3 is 25.6 Å². The summed E-state index contributed by atoms with van der Waals surface area (Å²) in [7, 11) is 0. The number of benzene rings is 1. The normalized spacial score (nSPS) is 14.0. The highest BCUT2D eigenvalue weighted by atomic mass is 16.5. The second-order valence-corrected chi connectivity index (χ2v) is 6.08. The van der Waals surface area contributed by atoms with Gasteiger partial charge in [0, 0.05) is 37.9 Å². The van der Waals surface area contributed by atoms with E-state index >= 15 is 0 Å². The Morgan fingerprint density at radius 3 is 2.88 bits per heavy atom. The number of carbonyl (C=O) groups is 1. The maximum absolute atomic E-state index is 11.9. The minimum Gasteiger partial charge on any atom is -0.378 e. The Hall–Kier alpha value is -2.87. The molecule has 0 radical (unpaired) electrons. The number of aromatic nitrogens is 2. The van der Waals surface area contributed by atoms with E-state index in [9.17, 15) is 4.79 Å². The summed E-state index contributed by atoms with van der Waals surface area (Å²) in [6.07, 6.45) is 1.75. The van der Waals surface area contributed by atoms with E-state index in [-0.39, 0.29) is 6.03 Å². The standard InChI is InChI=1S/C18H24N6O2/c1-14-3-2-4-15(11-14)22-18(25)20-6-5-19-17-12-16(13-21-23-17)24-7-9-26-10-8-24/h2-4,11-13H,5-10H2,1H3,(H,19,23)(H2,20,22,25). The first-order valence-electron chi connectivity index (χ1n) is 8.71. The molecule has 1 fully saturated rings. The number of nitrogens with zero attached hydrogens (tertiary/aromatic N) is 3. The third kappa shape index (κ3) is 5.32. The van der Waals surface area contributed by atoms with Crippen LogP contribution < -0.4 is 20.9 Å². The van der Waals surface area contributed by atoms with Crippen LogP contribution in [0.25, 0.3) is 0 Å². The Morgan fingerprint density at radius 1 is 1.23 bits per heavy atom. The van der Waals surface area contributed by atoms with Crippen LogP contribution in [0.4, 0.5) is 22.0 Å². The molecule has 0 atom stereocenters. The molecule has 2 amide bonds. The second kappa shape index (κ2) is 9.00. The first-order valence-corrected chi connectivity index (χ1v) is 8.71. The van der Waals surface area contributed by atoms with Crippen molar-refractivity contribution < 1.29 is 9.53 Å². The monoisotopic (exact) mass is 356 g/mol. The van der Waals surface area contributed by atoms with Crippen LogP contribution in [0.5, 0.6) is 0 Å². The molecule has 3 rings (SSSR count). The summed E-state index contributed by atoms with van der Waals surface area (Å²) < 4.78 is 5.36. The number of amides is 2. The molecule has 2 heterocycles. The lowest BCUT2D eigenvalue weighted by Gasteiger charge is -2.28. The van der Waals surface area contributed by atoms with E-state index in [2.05, 4.69) is 31.0 Å². The number of aryl methyl sites for hydroxylation is 1. The fraction of sp³-hybridized carbons (Fsp3) is 0.389. The largest absolute Gasteiger partial charge is 0.378 e. The average molecular weight is 356 g/mol. The van der Waals surface area contributed by atoms with Crippen LogP contribution >= 0.6 is 0 Å². The van der Waals surface area contributed by atoms with Gasteiger partial charge in [-0.3, -0.25) is 0 Å². The summed E-state index contributed by atoms with van der Waals surface area (Å²) in [6, 6.07) is 9.41. The zero-order chi connectivity index (χ0) is 18.2. The Morgan fingerprint density at radius 2 is 2.08 bits per heavy atom. The van der Waals surface area contributed by atoms with Gasteiger partial charge in [0.1, 0.15) is 0 Å². The third-order valence-corrected chi connectivity index (χ3v) is 4.01. The Bertz CT molecular complexity index is 733. The van der Waals surface area contributed by atoms with Crippen LogP contribution in [0.15, 0.2) is 36.5 Å². The molecule has 0 unspecified atom stereocenters. The van der Waals surface area contributed by atoms with Crippen molar-refractivity contribution in [3.8, 4) is 0 Å². The van der Waals surface area contributed by atoms with Crippen LogP contribution in [0, 0.1) is 6.92 Å². The summed E-state index contributed by atoms with van der Waals surface area (Å²) in [5.41, 5.74) is 2.90. The Balaban J connectivity index is 1.41. The lowest BCUT2D eigenvalue weighted by Crippen LogP contribution is -2.36. The van der Waals surface area contributed by atoms with Crippen molar-refractivity contribution in [3.63, 3.8) is 0 Å². The molecule has 1 aliphatic heterocycles. The van der Waals surface area contributed by atoms with Gasteiger partial charge in [-0.25, -0.2) is 4.79 Å². The molecule has 1 aliphatic rings. The van der Waals surface area contributed by atoms with Crippen molar-refractivity contribution in [1.29, 1.82) is 0 Å². The zero-order valence-corrected chi connectivity index (χ0v) is 14.9. The molecule has 26 heavy (non-hydrogen) atoms. The van der Waals surface area contributed by atoms with E-state index in [1.54, 1.807) is 6.20 Å². The zero-order valence-electron chi connectivity index (χ0n) is 14.9. The van der Waals surface area contributed by atoms with E-state index < -0.39 is 0 Å². The van der Waals surface area contributed by atoms with Gasteiger partial charge in [-0.05, 0) is 24.6 Å². The molecule has 8 nitrogen and oxygen atoms in total. The van der Waals surface area contributed by atoms with Gasteiger partial charge in [0.05, 0.1) is 25.1 Å². The molecule has 0 spiro atoms. The van der Waals surface area contributed by atoms with Crippen molar-refractivity contribution in [3.05, 3.63) is 42.1 Å². The number of anilines is 3. The maximum atomic E-state index is 11.9. The number of carbonyl (C=O) groups excluding carboxylic acids is 1. The first kappa shape index (κ1) is 17.9. The van der Waals surface area contributed by atoms with Crippen LogP contribution in [-0.4, -0.2) is 55.6 Å². The van der Waals surface area contributed by atoms with E-state index in [1.807, 2.05) is 37.3 Å². The van der Waals surface area contributed by atoms with Gasteiger partial charge >= 0.3 is 6.03 Å². The molecule has 138 valence electrons. The summed E-state index contributed by atoms with van der Waals surface area (Å²) >= 11 is 0. The Labute approximate surface area is 152 Å². The van der Waals surface area contributed by atoms with Crippen molar-refractivity contribution in [2.75, 3.05) is 54.9 Å². The number of hydrogen-bond acceptors (Lipinski definition) is 6. The quantitative estimate of drug-likeness (QED) is 0.685. The molecule has 0 saturated carbocycles. The van der Waals surface area contributed by atoms with Gasteiger partial charge in [-0.15, -0.1) is 5.10 Å². The minimum atomic E-state index is -0.231. The number of rotatable bonds is 6. The summed E-state index contributed by atoms with van der Waals surface area (Å²) in [4.78, 5) is 14.1. The lowest BCUT2D eigenvalue weighted by molar-refractivity contribution is 0.122. The fourth-order valence-corrected chi connectivity index (χ4v) is 2.70. The first-order chi connectivity index (χ1) is 12.7. The average Bonchev–Trinajstić information content (AvgIpc) is 2.66. The summed E-state index contributed by atoms with van der Waals surface area (Å²) in [5.74, 6) is 0.690. The predicted octanol–water partition coefficient (Wildman–Crippen LogP) is 1.86. The summed E-state index contributed by atoms with van der Waals surface area (Å²) in [6.45, 7) is 6.18. The number of nitrogens with one attached hydrogen (secondary N) is 3. The maximum Gasteiger partial charge on any atom is 0.319 e. The fourth-order valence-electron chi connectivity index (χ4n) is 2.70. The highest BCUT2D eigenvalue weighted by Crippen LogP contribution is 2.16. The highest BCUT2D eigenvalue weighted by Gasteiger charge is 2.12. The topological polar surface area (TPSA) is 91.4 Å². The molecular weight excluding hydrogens is 332 g/mol. The van der Waals surface area contributed by atoms with Gasteiger partial charge in [-0.2, -0.15) is 5.10 Å². The van der Waals surface area contributed by atoms with E-state index in [0.29, 0.717) is 18.9 Å². The van der Waals surface area contributed by atoms with Crippen molar-refractivity contribution in [2.45, 2.75) is 6.92 Å². The lowest BCUT2D eigenvalue weighted by atomic mass is 10.2. The van der Waals surface area contributed by atoms with Crippen LogP contribution in [0.1, 0.15) is 5.56 Å². The Kier molecular flexibility index (Phi) is 6.21. The predicted molar refractivity (Wildman–Crippen MR) is 102 cm³/mol. The molecule has 1 saturated heterocycles. The molecule has 1 aromatic carbocycles. The molecule has 0 aliphatic carbocycles. The molecular formula is C18H24N6O2. The SMILES string of the molecule is Cc1cccc(NC(=O)NCCNc2cc(N3CCOCC3)cnn2)c1.